The van der Waals surface area contributed by atoms with Gasteiger partial charge in [0.15, 0.2) is 0 Å². The number of alkyl carbamates (subject to hydrolysis) is 1. The molecule has 0 aliphatic heterocycles. The second-order valence-corrected chi connectivity index (χ2v) is 15.5. The van der Waals surface area contributed by atoms with Crippen molar-refractivity contribution in [1.82, 2.24) is 25.1 Å². The van der Waals surface area contributed by atoms with E-state index in [1.807, 2.05) is 77.9 Å². The number of hydrogen-bond donors (Lipinski definition) is 5. The molecule has 13 nitrogen and oxygen atoms in total. The summed E-state index contributed by atoms with van der Waals surface area (Å²) in [7, 11) is 0. The van der Waals surface area contributed by atoms with Crippen molar-refractivity contribution in [1.29, 1.82) is 0 Å². The van der Waals surface area contributed by atoms with Gasteiger partial charge in [0.25, 0.3) is 5.56 Å². The first kappa shape index (κ1) is 37.2. The number of primary amides is 1. The van der Waals surface area contributed by atoms with Crippen molar-refractivity contribution in [3.05, 3.63) is 86.6 Å². The number of aromatic amines is 3. The van der Waals surface area contributed by atoms with Gasteiger partial charge in [0, 0.05) is 30.6 Å². The normalized spacial score (nSPS) is 16.9. The summed E-state index contributed by atoms with van der Waals surface area (Å²) in [6.07, 6.45) is 2.29. The molecule has 0 bridgehead atoms. The summed E-state index contributed by atoms with van der Waals surface area (Å²) in [4.78, 5) is 71.9. The van der Waals surface area contributed by atoms with Crippen LogP contribution in [-0.4, -0.2) is 55.8 Å². The molecule has 3 aromatic carbocycles. The monoisotopic (exact) mass is 723 g/mol. The minimum Gasteiger partial charge on any atom is -0.444 e. The largest absolute Gasteiger partial charge is 0.444 e. The van der Waals surface area contributed by atoms with Gasteiger partial charge in [-0.05, 0) is 126 Å². The van der Waals surface area contributed by atoms with E-state index >= 15 is 0 Å². The number of nitrogens with one attached hydrogen (secondary N) is 4. The zero-order valence-corrected chi connectivity index (χ0v) is 31.2. The molecule has 1 fully saturated rings. The molecule has 0 radical (unpaired) electrons. The number of imidazole rings is 1. The molecule has 1 aliphatic rings. The van der Waals surface area contributed by atoms with E-state index in [4.69, 9.17) is 10.5 Å². The van der Waals surface area contributed by atoms with Crippen molar-refractivity contribution in [3.8, 4) is 11.1 Å². The van der Waals surface area contributed by atoms with Crippen molar-refractivity contribution < 1.29 is 19.1 Å². The van der Waals surface area contributed by atoms with E-state index in [1.165, 1.54) is 4.90 Å². The Hall–Kier alpha value is -5.59. The number of aromatic nitrogens is 4. The lowest BCUT2D eigenvalue weighted by Crippen LogP contribution is -2.52. The Balaban J connectivity index is 1.24. The molecule has 13 heteroatoms. The van der Waals surface area contributed by atoms with Gasteiger partial charge >= 0.3 is 11.8 Å². The van der Waals surface area contributed by atoms with Crippen molar-refractivity contribution in [2.75, 3.05) is 11.4 Å². The summed E-state index contributed by atoms with van der Waals surface area (Å²) < 4.78 is 6.99. The summed E-state index contributed by atoms with van der Waals surface area (Å²) in [5.74, 6) is -1.05. The smallest absolute Gasteiger partial charge is 0.407 e. The summed E-state index contributed by atoms with van der Waals surface area (Å²) >= 11 is 0. The van der Waals surface area contributed by atoms with Crippen LogP contribution in [0.15, 0.2) is 64.2 Å². The van der Waals surface area contributed by atoms with Gasteiger partial charge in [-0.25, -0.2) is 14.3 Å². The highest BCUT2D eigenvalue weighted by atomic mass is 16.6. The van der Waals surface area contributed by atoms with E-state index in [2.05, 4.69) is 20.4 Å². The summed E-state index contributed by atoms with van der Waals surface area (Å²) in [5.41, 5.74) is 11.0. The molecule has 0 unspecified atom stereocenters. The highest BCUT2D eigenvalue weighted by molar-refractivity contribution is 6.02. The van der Waals surface area contributed by atoms with Gasteiger partial charge in [-0.3, -0.25) is 24.4 Å². The fourth-order valence-corrected chi connectivity index (χ4v) is 7.31. The van der Waals surface area contributed by atoms with Gasteiger partial charge in [-0.2, -0.15) is 0 Å². The molecule has 1 aliphatic carbocycles. The Morgan fingerprint density at radius 3 is 2.26 bits per heavy atom. The number of H-pyrrole nitrogens is 3. The lowest BCUT2D eigenvalue weighted by molar-refractivity contribution is -0.127. The van der Waals surface area contributed by atoms with Gasteiger partial charge < -0.3 is 25.8 Å². The summed E-state index contributed by atoms with van der Waals surface area (Å²) in [5, 5.41) is 6.71. The van der Waals surface area contributed by atoms with Crippen molar-refractivity contribution >= 4 is 45.5 Å². The second kappa shape index (κ2) is 14.8. The standard InChI is InChI=1S/C40H49N7O6/c1-22(2)47-37(50)30-17-23(3)29(20-32(30)45-47)26-11-7-24(8-12-26)18-34(35(41)48)46(28-15-16-31-33(19-28)44-38(51)43-31)36(49)27-13-9-25(10-14-27)21-42-39(52)53-40(4,5)6/h7-8,11-12,15-17,19-20,22,25,27,34,45H,9-10,13-14,18,21H2,1-6H3,(H2,41,48)(H,42,52)(H2,43,44,51)/t25?,27?,34-/m0/s1. The van der Waals surface area contributed by atoms with Crippen LogP contribution in [0.3, 0.4) is 0 Å². The van der Waals surface area contributed by atoms with Crippen molar-refractivity contribution in [3.63, 3.8) is 0 Å². The van der Waals surface area contributed by atoms with Crippen LogP contribution in [0.1, 0.15) is 77.5 Å². The molecule has 6 N–H and O–H groups in total. The third-order valence-corrected chi connectivity index (χ3v) is 10.1. The molecule has 53 heavy (non-hydrogen) atoms. The van der Waals surface area contributed by atoms with Crippen LogP contribution >= 0.6 is 0 Å². The van der Waals surface area contributed by atoms with Gasteiger partial charge in [-0.15, -0.1) is 0 Å². The Labute approximate surface area is 307 Å². The molecule has 6 rings (SSSR count). The van der Waals surface area contributed by atoms with Crippen molar-refractivity contribution in [2.45, 2.75) is 91.3 Å². The molecular formula is C40H49N7O6. The van der Waals surface area contributed by atoms with E-state index in [9.17, 15) is 24.0 Å². The number of hydrogen-bond acceptors (Lipinski definition) is 6. The molecule has 280 valence electrons. The Kier molecular flexibility index (Phi) is 10.4. The maximum absolute atomic E-state index is 14.5. The molecule has 3 amide bonds. The number of carbonyl (C=O) groups excluding carboxylic acids is 3. The number of fused-ring (bicyclic) bond motifs is 2. The lowest BCUT2D eigenvalue weighted by atomic mass is 9.81. The zero-order chi connectivity index (χ0) is 38.2. The average molecular weight is 724 g/mol. The predicted octanol–water partition coefficient (Wildman–Crippen LogP) is 5.82. The number of anilines is 1. The van der Waals surface area contributed by atoms with Crippen LogP contribution in [-0.2, 0) is 20.7 Å². The quantitative estimate of drug-likeness (QED) is 0.121. The van der Waals surface area contributed by atoms with E-state index in [1.54, 1.807) is 22.9 Å². The number of carbonyl (C=O) groups is 3. The minimum absolute atomic E-state index is 0.00189. The highest BCUT2D eigenvalue weighted by Crippen LogP contribution is 2.34. The van der Waals surface area contributed by atoms with Crippen LogP contribution in [0.5, 0.6) is 0 Å². The predicted molar refractivity (Wildman–Crippen MR) is 206 cm³/mol. The number of aryl methyl sites for hydroxylation is 1. The maximum Gasteiger partial charge on any atom is 0.407 e. The third-order valence-electron chi connectivity index (χ3n) is 10.1. The Morgan fingerprint density at radius 2 is 1.62 bits per heavy atom. The highest BCUT2D eigenvalue weighted by Gasteiger charge is 2.36. The molecule has 2 heterocycles. The number of ether oxygens (including phenoxy) is 1. The SMILES string of the molecule is Cc1cc2c(=O)n(C(C)C)[nH]c2cc1-c1ccc(C[C@@H](C(N)=O)N(C(=O)C2CCC(CNC(=O)OC(C)(C)C)CC2)c2ccc3[nH]c(=O)[nH]c3c2)cc1. The molecular weight excluding hydrogens is 674 g/mol. The molecule has 1 atom stereocenters. The van der Waals surface area contributed by atoms with Crippen LogP contribution in [0, 0.1) is 18.8 Å². The number of nitrogens with two attached hydrogens (primary N) is 1. The topological polar surface area (TPSA) is 188 Å². The van der Waals surface area contributed by atoms with Gasteiger partial charge in [-0.1, -0.05) is 24.3 Å². The minimum atomic E-state index is -1.01. The fourth-order valence-electron chi connectivity index (χ4n) is 7.31. The van der Waals surface area contributed by atoms with E-state index in [0.29, 0.717) is 54.3 Å². The van der Waals surface area contributed by atoms with Gasteiger partial charge in [0.2, 0.25) is 11.8 Å². The molecule has 1 saturated carbocycles. The van der Waals surface area contributed by atoms with Crippen LogP contribution in [0.2, 0.25) is 0 Å². The first-order valence-electron chi connectivity index (χ1n) is 18.2. The van der Waals surface area contributed by atoms with Crippen LogP contribution in [0.4, 0.5) is 10.5 Å². The van der Waals surface area contributed by atoms with Crippen molar-refractivity contribution in [2.24, 2.45) is 17.6 Å². The number of rotatable bonds is 10. The Bertz CT molecular complexity index is 2260. The number of amides is 3. The van der Waals surface area contributed by atoms with E-state index < -0.39 is 23.6 Å². The van der Waals surface area contributed by atoms with Crippen LogP contribution in [0.25, 0.3) is 33.1 Å². The van der Waals surface area contributed by atoms with E-state index in [0.717, 1.165) is 27.8 Å². The number of nitrogens with zero attached hydrogens (tertiary/aromatic N) is 2. The maximum atomic E-state index is 14.5. The zero-order valence-electron chi connectivity index (χ0n) is 31.2. The van der Waals surface area contributed by atoms with Gasteiger partial charge in [0.1, 0.15) is 11.6 Å². The lowest BCUT2D eigenvalue weighted by Gasteiger charge is -2.36. The van der Waals surface area contributed by atoms with E-state index in [-0.39, 0.29) is 41.5 Å². The second-order valence-electron chi connectivity index (χ2n) is 15.5. The average Bonchev–Trinajstić information content (AvgIpc) is 3.64. The summed E-state index contributed by atoms with van der Waals surface area (Å²) in [6.45, 7) is 11.8. The molecule has 5 aromatic rings. The molecule has 0 spiro atoms. The third kappa shape index (κ3) is 8.24. The summed E-state index contributed by atoms with van der Waals surface area (Å²) in [6, 6.07) is 15.8. The van der Waals surface area contributed by atoms with Crippen LogP contribution < -0.4 is 27.2 Å². The van der Waals surface area contributed by atoms with Gasteiger partial charge in [0.05, 0.1) is 21.9 Å². The molecule has 2 aromatic heterocycles. The molecule has 0 saturated heterocycles. The fraction of sp³-hybridized carbons (Fsp3) is 0.425. The first-order chi connectivity index (χ1) is 25.1. The first-order valence-corrected chi connectivity index (χ1v) is 18.2. The number of benzene rings is 3. The Morgan fingerprint density at radius 1 is 0.943 bits per heavy atom.